The SMILES string of the molecule is NS(=O)(=O)c1ccccc1NCC1(CO)CC1. The molecule has 94 valence electrons. The molecule has 0 unspecified atom stereocenters. The Labute approximate surface area is 101 Å². The molecule has 1 aromatic rings. The maximum Gasteiger partial charge on any atom is 0.240 e. The third-order valence-corrected chi connectivity index (χ3v) is 4.11. The summed E-state index contributed by atoms with van der Waals surface area (Å²) in [6.07, 6.45) is 1.93. The van der Waals surface area contributed by atoms with Gasteiger partial charge in [-0.1, -0.05) is 12.1 Å². The van der Waals surface area contributed by atoms with E-state index in [0.29, 0.717) is 12.2 Å². The minimum absolute atomic E-state index is 0.0779. The summed E-state index contributed by atoms with van der Waals surface area (Å²) in [7, 11) is -3.71. The van der Waals surface area contributed by atoms with E-state index in [2.05, 4.69) is 5.32 Å². The second-order valence-electron chi connectivity index (χ2n) is 4.55. The van der Waals surface area contributed by atoms with Gasteiger partial charge in [-0.3, -0.25) is 0 Å². The van der Waals surface area contributed by atoms with E-state index in [1.54, 1.807) is 18.2 Å². The molecule has 2 rings (SSSR count). The highest BCUT2D eigenvalue weighted by molar-refractivity contribution is 7.89. The second kappa shape index (κ2) is 4.29. The van der Waals surface area contributed by atoms with E-state index in [1.165, 1.54) is 6.07 Å². The van der Waals surface area contributed by atoms with Crippen LogP contribution in [0.5, 0.6) is 0 Å². The number of primary sulfonamides is 1. The van der Waals surface area contributed by atoms with E-state index in [1.807, 2.05) is 0 Å². The summed E-state index contributed by atoms with van der Waals surface area (Å²) in [5.74, 6) is 0. The van der Waals surface area contributed by atoms with Gasteiger partial charge in [0, 0.05) is 12.0 Å². The Kier molecular flexibility index (Phi) is 3.11. The van der Waals surface area contributed by atoms with Gasteiger partial charge in [-0.05, 0) is 25.0 Å². The summed E-state index contributed by atoms with van der Waals surface area (Å²) < 4.78 is 22.7. The van der Waals surface area contributed by atoms with E-state index in [4.69, 9.17) is 5.14 Å². The number of nitrogens with one attached hydrogen (secondary N) is 1. The van der Waals surface area contributed by atoms with Crippen LogP contribution in [0.25, 0.3) is 0 Å². The molecule has 0 atom stereocenters. The molecule has 1 aliphatic carbocycles. The zero-order chi connectivity index (χ0) is 12.5. The first-order valence-corrected chi connectivity index (χ1v) is 6.98. The Hall–Kier alpha value is -1.11. The Morgan fingerprint density at radius 1 is 1.35 bits per heavy atom. The predicted molar refractivity (Wildman–Crippen MR) is 65.1 cm³/mol. The number of anilines is 1. The average molecular weight is 256 g/mol. The van der Waals surface area contributed by atoms with Crippen LogP contribution in [0.4, 0.5) is 5.69 Å². The van der Waals surface area contributed by atoms with Crippen LogP contribution in [0.15, 0.2) is 29.2 Å². The van der Waals surface area contributed by atoms with Gasteiger partial charge < -0.3 is 10.4 Å². The molecule has 1 saturated carbocycles. The van der Waals surface area contributed by atoms with Crippen molar-refractivity contribution in [3.8, 4) is 0 Å². The fourth-order valence-corrected chi connectivity index (χ4v) is 2.43. The Bertz CT molecular complexity index is 509. The van der Waals surface area contributed by atoms with Gasteiger partial charge in [0.05, 0.1) is 12.3 Å². The third kappa shape index (κ3) is 2.77. The minimum Gasteiger partial charge on any atom is -0.396 e. The standard InChI is InChI=1S/C11H16N2O3S/c12-17(15,16)10-4-2-1-3-9(10)13-7-11(8-14)5-6-11/h1-4,13-14H,5-8H2,(H2,12,15,16). The first-order valence-electron chi connectivity index (χ1n) is 5.43. The first-order chi connectivity index (χ1) is 7.97. The smallest absolute Gasteiger partial charge is 0.240 e. The summed E-state index contributed by atoms with van der Waals surface area (Å²) in [6, 6.07) is 6.52. The molecule has 6 heteroatoms. The summed E-state index contributed by atoms with van der Waals surface area (Å²) >= 11 is 0. The first kappa shape index (κ1) is 12.3. The molecule has 0 aliphatic heterocycles. The summed E-state index contributed by atoms with van der Waals surface area (Å²) in [5.41, 5.74) is 0.417. The monoisotopic (exact) mass is 256 g/mol. The second-order valence-corrected chi connectivity index (χ2v) is 6.08. The van der Waals surface area contributed by atoms with Gasteiger partial charge in [-0.25, -0.2) is 13.6 Å². The minimum atomic E-state index is -3.71. The molecular weight excluding hydrogens is 240 g/mol. The van der Waals surface area contributed by atoms with Crippen LogP contribution < -0.4 is 10.5 Å². The molecule has 1 aromatic carbocycles. The van der Waals surface area contributed by atoms with Gasteiger partial charge in [0.1, 0.15) is 4.90 Å². The van der Waals surface area contributed by atoms with Crippen molar-refractivity contribution in [3.05, 3.63) is 24.3 Å². The lowest BCUT2D eigenvalue weighted by Crippen LogP contribution is -2.21. The van der Waals surface area contributed by atoms with E-state index >= 15 is 0 Å². The lowest BCUT2D eigenvalue weighted by Gasteiger charge is -2.15. The topological polar surface area (TPSA) is 92.4 Å². The Balaban J connectivity index is 2.16. The van der Waals surface area contributed by atoms with Crippen LogP contribution in [0.2, 0.25) is 0 Å². The van der Waals surface area contributed by atoms with Gasteiger partial charge in [0.25, 0.3) is 0 Å². The fraction of sp³-hybridized carbons (Fsp3) is 0.455. The van der Waals surface area contributed by atoms with Gasteiger partial charge >= 0.3 is 0 Å². The van der Waals surface area contributed by atoms with Crippen molar-refractivity contribution in [2.24, 2.45) is 10.6 Å². The maximum atomic E-state index is 11.4. The van der Waals surface area contributed by atoms with Crippen molar-refractivity contribution in [2.75, 3.05) is 18.5 Å². The lowest BCUT2D eigenvalue weighted by atomic mass is 10.1. The average Bonchev–Trinajstić information content (AvgIpc) is 3.06. The number of nitrogens with two attached hydrogens (primary N) is 1. The molecular formula is C11H16N2O3S. The van der Waals surface area contributed by atoms with E-state index in [9.17, 15) is 13.5 Å². The zero-order valence-corrected chi connectivity index (χ0v) is 10.2. The third-order valence-electron chi connectivity index (χ3n) is 3.14. The number of benzene rings is 1. The van der Waals surface area contributed by atoms with Crippen molar-refractivity contribution in [1.82, 2.24) is 0 Å². The van der Waals surface area contributed by atoms with Gasteiger partial charge in [-0.2, -0.15) is 0 Å². The molecule has 1 aliphatic rings. The molecule has 5 nitrogen and oxygen atoms in total. The Morgan fingerprint density at radius 3 is 2.53 bits per heavy atom. The molecule has 0 aromatic heterocycles. The van der Waals surface area contributed by atoms with Crippen LogP contribution in [-0.4, -0.2) is 26.7 Å². The van der Waals surface area contributed by atoms with E-state index in [0.717, 1.165) is 12.8 Å². The highest BCUT2D eigenvalue weighted by Crippen LogP contribution is 2.45. The largest absolute Gasteiger partial charge is 0.396 e. The number of aliphatic hydroxyl groups excluding tert-OH is 1. The normalized spacial score (nSPS) is 17.8. The molecule has 17 heavy (non-hydrogen) atoms. The number of para-hydroxylation sites is 1. The van der Waals surface area contributed by atoms with Gasteiger partial charge in [0.2, 0.25) is 10.0 Å². The lowest BCUT2D eigenvalue weighted by molar-refractivity contribution is 0.219. The molecule has 0 saturated heterocycles. The zero-order valence-electron chi connectivity index (χ0n) is 9.39. The van der Waals surface area contributed by atoms with Crippen LogP contribution in [0.1, 0.15) is 12.8 Å². The number of hydrogen-bond donors (Lipinski definition) is 3. The van der Waals surface area contributed by atoms with Crippen molar-refractivity contribution < 1.29 is 13.5 Å². The van der Waals surface area contributed by atoms with Crippen LogP contribution in [-0.2, 0) is 10.0 Å². The number of hydrogen-bond acceptors (Lipinski definition) is 4. The molecule has 0 bridgehead atoms. The molecule has 1 fully saturated rings. The predicted octanol–water partition coefficient (Wildman–Crippen LogP) is 0.518. The summed E-state index contributed by atoms with van der Waals surface area (Å²) in [5, 5.41) is 17.4. The number of sulfonamides is 1. The number of aliphatic hydroxyl groups is 1. The molecule has 0 radical (unpaired) electrons. The maximum absolute atomic E-state index is 11.4. The molecule has 0 amide bonds. The van der Waals surface area contributed by atoms with Gasteiger partial charge in [0.15, 0.2) is 0 Å². The molecule has 4 N–H and O–H groups in total. The highest BCUT2D eigenvalue weighted by atomic mass is 32.2. The van der Waals surface area contributed by atoms with E-state index in [-0.39, 0.29) is 16.9 Å². The van der Waals surface area contributed by atoms with Crippen molar-refractivity contribution >= 4 is 15.7 Å². The van der Waals surface area contributed by atoms with Crippen molar-refractivity contribution in [3.63, 3.8) is 0 Å². The van der Waals surface area contributed by atoms with Crippen LogP contribution >= 0.6 is 0 Å². The molecule has 0 spiro atoms. The number of rotatable bonds is 5. The quantitative estimate of drug-likeness (QED) is 0.716. The Morgan fingerprint density at radius 2 is 2.00 bits per heavy atom. The highest BCUT2D eigenvalue weighted by Gasteiger charge is 2.41. The summed E-state index contributed by atoms with van der Waals surface area (Å²) in [4.78, 5) is 0.0914. The fourth-order valence-electron chi connectivity index (χ4n) is 1.71. The van der Waals surface area contributed by atoms with Crippen LogP contribution in [0.3, 0.4) is 0 Å². The molecule has 0 heterocycles. The van der Waals surface area contributed by atoms with Crippen molar-refractivity contribution in [2.45, 2.75) is 17.7 Å². The van der Waals surface area contributed by atoms with Crippen molar-refractivity contribution in [1.29, 1.82) is 0 Å². The summed E-state index contributed by atoms with van der Waals surface area (Å²) in [6.45, 7) is 0.688. The van der Waals surface area contributed by atoms with Crippen LogP contribution in [0, 0.1) is 5.41 Å². The van der Waals surface area contributed by atoms with E-state index < -0.39 is 10.0 Å². The van der Waals surface area contributed by atoms with Gasteiger partial charge in [-0.15, -0.1) is 0 Å².